The van der Waals surface area contributed by atoms with E-state index in [1.165, 1.54) is 23.8 Å². The van der Waals surface area contributed by atoms with E-state index in [1.807, 2.05) is 0 Å². The van der Waals surface area contributed by atoms with E-state index in [4.69, 9.17) is 9.84 Å². The summed E-state index contributed by atoms with van der Waals surface area (Å²) in [5.41, 5.74) is 0. The average molecular weight is 270 g/mol. The lowest BCUT2D eigenvalue weighted by atomic mass is 10.2. The fraction of sp³-hybridized carbons (Fsp3) is 0.692. The Labute approximate surface area is 113 Å². The number of nitrogens with one attached hydrogen (secondary N) is 1. The van der Waals surface area contributed by atoms with Crippen LogP contribution in [-0.4, -0.2) is 54.9 Å². The first kappa shape index (κ1) is 15.5. The van der Waals surface area contributed by atoms with Crippen molar-refractivity contribution in [1.82, 2.24) is 10.2 Å². The first-order valence-corrected chi connectivity index (χ1v) is 6.47. The van der Waals surface area contributed by atoms with Gasteiger partial charge in [0.2, 0.25) is 0 Å². The molecule has 0 radical (unpaired) electrons. The summed E-state index contributed by atoms with van der Waals surface area (Å²) in [5, 5.41) is 11.4. The first-order chi connectivity index (χ1) is 9.04. The van der Waals surface area contributed by atoms with Gasteiger partial charge in [-0.05, 0) is 25.2 Å². The highest BCUT2D eigenvalue weighted by Gasteiger charge is 2.22. The molecule has 0 aromatic rings. The molecular formula is C13H22N2O4. The minimum Gasteiger partial charge on any atom is -0.480 e. The molecule has 0 bridgehead atoms. The second-order valence-corrected chi connectivity index (χ2v) is 4.80. The molecule has 6 nitrogen and oxygen atoms in total. The highest BCUT2D eigenvalue weighted by Crippen LogP contribution is 2.28. The topological polar surface area (TPSA) is 78.9 Å². The summed E-state index contributed by atoms with van der Waals surface area (Å²) in [6.07, 6.45) is 4.14. The number of carbonyl (C=O) groups excluding carboxylic acids is 1. The zero-order valence-electron chi connectivity index (χ0n) is 11.3. The van der Waals surface area contributed by atoms with Gasteiger partial charge in [0.1, 0.15) is 6.04 Å². The molecule has 2 N–H and O–H groups in total. The lowest BCUT2D eigenvalue weighted by Gasteiger charge is -2.20. The van der Waals surface area contributed by atoms with Crippen molar-refractivity contribution in [3.05, 3.63) is 12.7 Å². The van der Waals surface area contributed by atoms with Crippen molar-refractivity contribution >= 4 is 12.0 Å². The van der Waals surface area contributed by atoms with Gasteiger partial charge in [-0.1, -0.05) is 6.08 Å². The van der Waals surface area contributed by atoms with E-state index in [9.17, 15) is 9.59 Å². The van der Waals surface area contributed by atoms with Gasteiger partial charge < -0.3 is 20.1 Å². The summed E-state index contributed by atoms with van der Waals surface area (Å²) in [4.78, 5) is 24.0. The number of hydrogen-bond donors (Lipinski definition) is 2. The van der Waals surface area contributed by atoms with Gasteiger partial charge in [-0.3, -0.25) is 0 Å². The molecule has 0 spiro atoms. The Balaban J connectivity index is 2.21. The van der Waals surface area contributed by atoms with Crippen molar-refractivity contribution in [3.8, 4) is 0 Å². The number of carboxylic acid groups (broad SMARTS) is 1. The molecular weight excluding hydrogens is 248 g/mol. The maximum atomic E-state index is 11.7. The number of nitrogens with zero attached hydrogens (tertiary/aromatic N) is 1. The van der Waals surface area contributed by atoms with E-state index in [0.717, 1.165) is 6.61 Å². The van der Waals surface area contributed by atoms with Crippen LogP contribution in [-0.2, 0) is 9.53 Å². The van der Waals surface area contributed by atoms with Crippen LogP contribution in [0.25, 0.3) is 0 Å². The summed E-state index contributed by atoms with van der Waals surface area (Å²) >= 11 is 0. The molecule has 1 saturated carbocycles. The maximum Gasteiger partial charge on any atom is 0.326 e. The number of aliphatic carboxylic acids is 1. The van der Waals surface area contributed by atoms with Crippen LogP contribution >= 0.6 is 0 Å². The van der Waals surface area contributed by atoms with Gasteiger partial charge in [-0.15, -0.1) is 6.58 Å². The predicted molar refractivity (Wildman–Crippen MR) is 70.9 cm³/mol. The normalized spacial score (nSPS) is 15.6. The Kier molecular flexibility index (Phi) is 6.35. The third-order valence-corrected chi connectivity index (χ3v) is 2.97. The molecule has 0 heterocycles. The minimum atomic E-state index is -1.06. The largest absolute Gasteiger partial charge is 0.480 e. The summed E-state index contributed by atoms with van der Waals surface area (Å²) in [6.45, 7) is 5.14. The van der Waals surface area contributed by atoms with E-state index in [0.29, 0.717) is 19.1 Å². The zero-order valence-corrected chi connectivity index (χ0v) is 11.3. The first-order valence-electron chi connectivity index (χ1n) is 6.47. The van der Waals surface area contributed by atoms with Crippen LogP contribution in [0.5, 0.6) is 0 Å². The smallest absolute Gasteiger partial charge is 0.326 e. The molecule has 1 aliphatic carbocycles. The molecule has 1 rings (SSSR count). The second kappa shape index (κ2) is 7.78. The number of carboxylic acids is 1. The Morgan fingerprint density at radius 3 is 2.79 bits per heavy atom. The van der Waals surface area contributed by atoms with Gasteiger partial charge in [0, 0.05) is 20.2 Å². The molecule has 1 fully saturated rings. The Morgan fingerprint density at radius 2 is 2.26 bits per heavy atom. The molecule has 0 aromatic heterocycles. The van der Waals surface area contributed by atoms with Crippen LogP contribution in [0, 0.1) is 5.92 Å². The van der Waals surface area contributed by atoms with E-state index in [2.05, 4.69) is 11.9 Å². The Bertz CT molecular complexity index is 329. The van der Waals surface area contributed by atoms with Gasteiger partial charge in [0.05, 0.1) is 6.61 Å². The number of rotatable bonds is 9. The minimum absolute atomic E-state index is 0.201. The van der Waals surface area contributed by atoms with Gasteiger partial charge in [-0.2, -0.15) is 0 Å². The SMILES string of the molecule is C=CCC(NC(=O)N(C)CCOCC1CC1)C(=O)O. The maximum absolute atomic E-state index is 11.7. The number of urea groups is 1. The molecule has 0 aliphatic heterocycles. The van der Waals surface area contributed by atoms with Crippen molar-refractivity contribution in [2.45, 2.75) is 25.3 Å². The van der Waals surface area contributed by atoms with Crippen LogP contribution in [0.1, 0.15) is 19.3 Å². The third-order valence-electron chi connectivity index (χ3n) is 2.97. The highest BCUT2D eigenvalue weighted by molar-refractivity contribution is 5.82. The van der Waals surface area contributed by atoms with E-state index < -0.39 is 18.0 Å². The number of carbonyl (C=O) groups is 2. The Morgan fingerprint density at radius 1 is 1.58 bits per heavy atom. The van der Waals surface area contributed by atoms with Crippen molar-refractivity contribution in [2.75, 3.05) is 26.8 Å². The second-order valence-electron chi connectivity index (χ2n) is 4.80. The Hall–Kier alpha value is -1.56. The van der Waals surface area contributed by atoms with Crippen molar-refractivity contribution in [3.63, 3.8) is 0 Å². The summed E-state index contributed by atoms with van der Waals surface area (Å²) in [5.74, 6) is -0.366. The lowest BCUT2D eigenvalue weighted by molar-refractivity contribution is -0.139. The molecule has 1 aliphatic rings. The van der Waals surface area contributed by atoms with Crippen LogP contribution in [0.15, 0.2) is 12.7 Å². The quantitative estimate of drug-likeness (QED) is 0.485. The van der Waals surface area contributed by atoms with Crippen LogP contribution in [0.2, 0.25) is 0 Å². The summed E-state index contributed by atoms with van der Waals surface area (Å²) < 4.78 is 5.42. The number of likely N-dealkylation sites (N-methyl/N-ethyl adjacent to an activating group) is 1. The molecule has 1 atom stereocenters. The van der Waals surface area contributed by atoms with Crippen molar-refractivity contribution in [1.29, 1.82) is 0 Å². The summed E-state index contributed by atoms with van der Waals surface area (Å²) in [6, 6.07) is -1.34. The van der Waals surface area contributed by atoms with Crippen LogP contribution in [0.4, 0.5) is 4.79 Å². The fourth-order valence-electron chi connectivity index (χ4n) is 1.48. The molecule has 108 valence electrons. The van der Waals surface area contributed by atoms with Crippen LogP contribution in [0.3, 0.4) is 0 Å². The highest BCUT2D eigenvalue weighted by atomic mass is 16.5. The van der Waals surface area contributed by atoms with Gasteiger partial charge >= 0.3 is 12.0 Å². The fourth-order valence-corrected chi connectivity index (χ4v) is 1.48. The molecule has 0 saturated heterocycles. The molecule has 0 aromatic carbocycles. The van der Waals surface area contributed by atoms with Crippen LogP contribution < -0.4 is 5.32 Å². The number of amides is 2. The van der Waals surface area contributed by atoms with E-state index >= 15 is 0 Å². The molecule has 2 amide bonds. The van der Waals surface area contributed by atoms with E-state index in [-0.39, 0.29) is 6.42 Å². The van der Waals surface area contributed by atoms with Gasteiger partial charge in [-0.25, -0.2) is 9.59 Å². The van der Waals surface area contributed by atoms with Crippen molar-refractivity contribution in [2.24, 2.45) is 5.92 Å². The molecule has 19 heavy (non-hydrogen) atoms. The van der Waals surface area contributed by atoms with Gasteiger partial charge in [0.15, 0.2) is 0 Å². The summed E-state index contributed by atoms with van der Waals surface area (Å²) in [7, 11) is 1.61. The molecule has 1 unspecified atom stereocenters. The monoisotopic (exact) mass is 270 g/mol. The third kappa shape index (κ3) is 6.24. The standard InChI is InChI=1S/C13H22N2O4/c1-3-4-11(12(16)17)14-13(18)15(2)7-8-19-9-10-5-6-10/h3,10-11H,1,4-9H2,2H3,(H,14,18)(H,16,17). The number of hydrogen-bond acceptors (Lipinski definition) is 3. The number of ether oxygens (including phenoxy) is 1. The van der Waals surface area contributed by atoms with Gasteiger partial charge in [0.25, 0.3) is 0 Å². The predicted octanol–water partition coefficient (Wildman–Crippen LogP) is 1.08. The average Bonchev–Trinajstić information content (AvgIpc) is 3.17. The van der Waals surface area contributed by atoms with Crippen molar-refractivity contribution < 1.29 is 19.4 Å². The molecule has 6 heteroatoms. The lowest BCUT2D eigenvalue weighted by Crippen LogP contribution is -2.47. The van der Waals surface area contributed by atoms with E-state index in [1.54, 1.807) is 7.05 Å². The zero-order chi connectivity index (χ0) is 14.3.